The molecule has 0 fully saturated rings. The van der Waals surface area contributed by atoms with Gasteiger partial charge in [0.1, 0.15) is 0 Å². The summed E-state index contributed by atoms with van der Waals surface area (Å²) in [5.41, 5.74) is 9.26. The molecule has 0 aliphatic rings. The number of para-hydroxylation sites is 1. The van der Waals surface area contributed by atoms with Gasteiger partial charge >= 0.3 is 5.97 Å². The minimum Gasteiger partial charge on any atom is -0.481 e. The number of nitrogens with zero attached hydrogens (tertiary/aromatic N) is 1. The fourth-order valence-electron chi connectivity index (χ4n) is 3.10. The number of H-pyrrole nitrogens is 1. The van der Waals surface area contributed by atoms with E-state index in [1.165, 1.54) is 0 Å². The topological polar surface area (TPSA) is 109 Å². The third kappa shape index (κ3) is 2.08. The van der Waals surface area contributed by atoms with Crippen molar-refractivity contribution in [2.75, 3.05) is 0 Å². The van der Waals surface area contributed by atoms with Crippen molar-refractivity contribution >= 4 is 44.7 Å². The molecule has 0 aliphatic carbocycles. The highest BCUT2D eigenvalue weighted by Gasteiger charge is 2.18. The lowest BCUT2D eigenvalue weighted by Gasteiger charge is -2.07. The van der Waals surface area contributed by atoms with Crippen LogP contribution in [0.5, 0.6) is 0 Å². The highest BCUT2D eigenvalue weighted by atomic mass is 16.4. The van der Waals surface area contributed by atoms with Gasteiger partial charge in [0.15, 0.2) is 0 Å². The van der Waals surface area contributed by atoms with Crippen LogP contribution in [0.3, 0.4) is 0 Å². The first-order chi connectivity index (χ1) is 11.5. The molecule has 2 aromatic carbocycles. The molecule has 118 valence electrons. The standard InChI is InChI=1S/C18H13N3O3/c19-18(24)15-11-7-9(8-14(22)23)5-6-13(11)20-16-10-3-1-2-4-12(10)21-17(15)16/h1-7,21H,8H2,(H2,19,24)(H,22,23). The number of aliphatic carboxylic acids is 1. The van der Waals surface area contributed by atoms with E-state index >= 15 is 0 Å². The molecule has 0 aliphatic heterocycles. The van der Waals surface area contributed by atoms with Gasteiger partial charge in [-0.1, -0.05) is 24.3 Å². The van der Waals surface area contributed by atoms with Crippen LogP contribution in [-0.2, 0) is 11.2 Å². The molecule has 4 rings (SSSR count). The average molecular weight is 319 g/mol. The predicted octanol–water partition coefficient (Wildman–Crippen LogP) is 2.60. The Balaban J connectivity index is 2.14. The maximum absolute atomic E-state index is 12.1. The molecule has 0 bridgehead atoms. The van der Waals surface area contributed by atoms with Crippen LogP contribution in [0.2, 0.25) is 0 Å². The van der Waals surface area contributed by atoms with Gasteiger partial charge in [0.25, 0.3) is 5.91 Å². The summed E-state index contributed by atoms with van der Waals surface area (Å²) in [7, 11) is 0. The summed E-state index contributed by atoms with van der Waals surface area (Å²) >= 11 is 0. The Bertz CT molecular complexity index is 1140. The van der Waals surface area contributed by atoms with Crippen LogP contribution in [0, 0.1) is 0 Å². The van der Waals surface area contributed by atoms with Crippen molar-refractivity contribution in [1.82, 2.24) is 9.97 Å². The van der Waals surface area contributed by atoms with E-state index in [9.17, 15) is 9.59 Å². The molecule has 4 aromatic rings. The number of hydrogen-bond acceptors (Lipinski definition) is 3. The summed E-state index contributed by atoms with van der Waals surface area (Å²) in [4.78, 5) is 30.9. The van der Waals surface area contributed by atoms with Gasteiger partial charge in [-0.3, -0.25) is 9.59 Å². The van der Waals surface area contributed by atoms with E-state index in [-0.39, 0.29) is 6.42 Å². The Kier molecular flexibility index (Phi) is 2.99. The van der Waals surface area contributed by atoms with E-state index < -0.39 is 11.9 Å². The molecule has 2 aromatic heterocycles. The summed E-state index contributed by atoms with van der Waals surface area (Å²) < 4.78 is 0. The Labute approximate surface area is 135 Å². The van der Waals surface area contributed by atoms with E-state index in [0.717, 1.165) is 10.9 Å². The predicted molar refractivity (Wildman–Crippen MR) is 91.0 cm³/mol. The SMILES string of the molecule is NC(=O)c1c2cc(CC(=O)O)ccc2nc2c1[nH]c1ccccc12. The molecule has 0 atom stereocenters. The summed E-state index contributed by atoms with van der Waals surface area (Å²) in [6, 6.07) is 12.7. The number of fused-ring (bicyclic) bond motifs is 4. The molecule has 24 heavy (non-hydrogen) atoms. The summed E-state index contributed by atoms with van der Waals surface area (Å²) in [6.07, 6.45) is -0.126. The summed E-state index contributed by atoms with van der Waals surface area (Å²) in [5, 5.41) is 10.4. The molecule has 2 heterocycles. The molecule has 0 radical (unpaired) electrons. The van der Waals surface area contributed by atoms with Crippen molar-refractivity contribution in [2.24, 2.45) is 5.73 Å². The fourth-order valence-corrected chi connectivity index (χ4v) is 3.10. The number of primary amides is 1. The highest BCUT2D eigenvalue weighted by molar-refractivity contribution is 6.20. The number of carbonyl (C=O) groups excluding carboxylic acids is 1. The molecule has 0 unspecified atom stereocenters. The first-order valence-electron chi connectivity index (χ1n) is 7.39. The first-order valence-corrected chi connectivity index (χ1v) is 7.39. The molecule has 0 spiro atoms. The number of aromatic nitrogens is 2. The number of nitrogens with two attached hydrogens (primary N) is 1. The molecule has 6 heteroatoms. The van der Waals surface area contributed by atoms with Crippen LogP contribution in [0.1, 0.15) is 15.9 Å². The third-order valence-corrected chi connectivity index (χ3v) is 4.09. The van der Waals surface area contributed by atoms with E-state index in [1.807, 2.05) is 24.3 Å². The van der Waals surface area contributed by atoms with Crippen molar-refractivity contribution in [3.8, 4) is 0 Å². The molecule has 0 saturated heterocycles. The molecule has 1 amide bonds. The number of carbonyl (C=O) groups is 2. The van der Waals surface area contributed by atoms with Gasteiger partial charge in [-0.25, -0.2) is 4.98 Å². The van der Waals surface area contributed by atoms with Crippen LogP contribution in [0.25, 0.3) is 32.8 Å². The smallest absolute Gasteiger partial charge is 0.307 e. The number of rotatable bonds is 3. The van der Waals surface area contributed by atoms with Crippen LogP contribution in [0.15, 0.2) is 42.5 Å². The number of aromatic amines is 1. The maximum atomic E-state index is 12.1. The third-order valence-electron chi connectivity index (χ3n) is 4.09. The molecule has 0 saturated carbocycles. The molecular formula is C18H13N3O3. The number of benzene rings is 2. The van der Waals surface area contributed by atoms with Gasteiger partial charge in [-0.15, -0.1) is 0 Å². The van der Waals surface area contributed by atoms with E-state index in [1.54, 1.807) is 18.2 Å². The van der Waals surface area contributed by atoms with Gasteiger partial charge in [0.2, 0.25) is 0 Å². The highest BCUT2D eigenvalue weighted by Crippen LogP contribution is 2.31. The molecular weight excluding hydrogens is 306 g/mol. The van der Waals surface area contributed by atoms with Gasteiger partial charge in [0.05, 0.1) is 28.5 Å². The van der Waals surface area contributed by atoms with Gasteiger partial charge in [0, 0.05) is 16.3 Å². The largest absolute Gasteiger partial charge is 0.481 e. The fraction of sp³-hybridized carbons (Fsp3) is 0.0556. The van der Waals surface area contributed by atoms with Crippen LogP contribution in [-0.4, -0.2) is 27.0 Å². The normalized spacial score (nSPS) is 11.3. The van der Waals surface area contributed by atoms with Crippen LogP contribution < -0.4 is 5.73 Å². The minimum atomic E-state index is -0.936. The van der Waals surface area contributed by atoms with Crippen molar-refractivity contribution in [1.29, 1.82) is 0 Å². The summed E-state index contributed by atoms with van der Waals surface area (Å²) in [6.45, 7) is 0. The molecule has 4 N–H and O–H groups in total. The number of amides is 1. The second-order valence-corrected chi connectivity index (χ2v) is 5.67. The number of nitrogens with one attached hydrogen (secondary N) is 1. The summed E-state index contributed by atoms with van der Waals surface area (Å²) in [5.74, 6) is -1.51. The number of carboxylic acid groups (broad SMARTS) is 1. The zero-order chi connectivity index (χ0) is 16.8. The Morgan fingerprint density at radius 2 is 1.92 bits per heavy atom. The number of carboxylic acids is 1. The van der Waals surface area contributed by atoms with E-state index in [0.29, 0.717) is 33.1 Å². The second-order valence-electron chi connectivity index (χ2n) is 5.67. The first kappa shape index (κ1) is 14.2. The second kappa shape index (κ2) is 5.06. The molecule has 6 nitrogen and oxygen atoms in total. The monoisotopic (exact) mass is 319 g/mol. The Morgan fingerprint density at radius 1 is 1.12 bits per heavy atom. The van der Waals surface area contributed by atoms with Gasteiger partial charge in [-0.05, 0) is 23.8 Å². The Hall–Kier alpha value is -3.41. The Morgan fingerprint density at radius 3 is 2.67 bits per heavy atom. The van der Waals surface area contributed by atoms with Crippen LogP contribution in [0.4, 0.5) is 0 Å². The number of pyridine rings is 1. The van der Waals surface area contributed by atoms with Crippen molar-refractivity contribution < 1.29 is 14.7 Å². The van der Waals surface area contributed by atoms with Crippen molar-refractivity contribution in [3.63, 3.8) is 0 Å². The zero-order valence-electron chi connectivity index (χ0n) is 12.5. The lowest BCUT2D eigenvalue weighted by atomic mass is 10.0. The van der Waals surface area contributed by atoms with E-state index in [2.05, 4.69) is 9.97 Å². The van der Waals surface area contributed by atoms with Crippen molar-refractivity contribution in [2.45, 2.75) is 6.42 Å². The zero-order valence-corrected chi connectivity index (χ0v) is 12.5. The lowest BCUT2D eigenvalue weighted by Crippen LogP contribution is -2.13. The van der Waals surface area contributed by atoms with Gasteiger partial charge in [-0.2, -0.15) is 0 Å². The van der Waals surface area contributed by atoms with Gasteiger partial charge < -0.3 is 15.8 Å². The quantitative estimate of drug-likeness (QED) is 0.539. The van der Waals surface area contributed by atoms with Crippen molar-refractivity contribution in [3.05, 3.63) is 53.6 Å². The maximum Gasteiger partial charge on any atom is 0.307 e. The minimum absolute atomic E-state index is 0.126. The lowest BCUT2D eigenvalue weighted by molar-refractivity contribution is -0.136. The number of hydrogen-bond donors (Lipinski definition) is 3. The average Bonchev–Trinajstić information content (AvgIpc) is 2.89. The van der Waals surface area contributed by atoms with E-state index in [4.69, 9.17) is 10.8 Å². The van der Waals surface area contributed by atoms with Crippen LogP contribution >= 0.6 is 0 Å².